The van der Waals surface area contributed by atoms with Gasteiger partial charge in [-0.15, -0.1) is 0 Å². The summed E-state index contributed by atoms with van der Waals surface area (Å²) in [6, 6.07) is 10.9. The third kappa shape index (κ3) is 3.86. The van der Waals surface area contributed by atoms with E-state index >= 15 is 0 Å². The number of aromatic nitrogens is 2. The van der Waals surface area contributed by atoms with Gasteiger partial charge in [-0.2, -0.15) is 10.2 Å². The van der Waals surface area contributed by atoms with Crippen molar-refractivity contribution in [3.63, 3.8) is 0 Å². The molecule has 3 heteroatoms. The van der Waals surface area contributed by atoms with Crippen molar-refractivity contribution in [3.05, 3.63) is 59.4 Å². The van der Waals surface area contributed by atoms with Crippen molar-refractivity contribution in [1.82, 2.24) is 15.5 Å². The van der Waals surface area contributed by atoms with Crippen LogP contribution in [0.4, 0.5) is 0 Å². The Morgan fingerprint density at radius 3 is 2.68 bits per heavy atom. The van der Waals surface area contributed by atoms with Crippen LogP contribution in [0.3, 0.4) is 0 Å². The lowest BCUT2D eigenvalue weighted by Crippen LogP contribution is -2.24. The zero-order valence-electron chi connectivity index (χ0n) is 11.6. The molecule has 0 aliphatic carbocycles. The molecule has 0 saturated heterocycles. The molecule has 0 aliphatic rings. The maximum absolute atomic E-state index is 3.99. The van der Waals surface area contributed by atoms with Gasteiger partial charge in [0.2, 0.25) is 0 Å². The first-order valence-corrected chi connectivity index (χ1v) is 6.85. The van der Waals surface area contributed by atoms with Gasteiger partial charge in [0.15, 0.2) is 0 Å². The molecule has 1 heterocycles. The fraction of sp³-hybridized carbons (Fsp3) is 0.375. The van der Waals surface area contributed by atoms with E-state index in [-0.39, 0.29) is 0 Å². The molecule has 1 unspecified atom stereocenters. The summed E-state index contributed by atoms with van der Waals surface area (Å²) in [6.07, 6.45) is 5.72. The minimum atomic E-state index is 0.302. The molecule has 1 aromatic carbocycles. The maximum atomic E-state index is 3.99. The lowest BCUT2D eigenvalue weighted by atomic mass is 9.97. The summed E-state index contributed by atoms with van der Waals surface area (Å²) in [5.41, 5.74) is 3.92. The molecule has 19 heavy (non-hydrogen) atoms. The summed E-state index contributed by atoms with van der Waals surface area (Å²) >= 11 is 0. The average molecular weight is 255 g/mol. The van der Waals surface area contributed by atoms with E-state index in [1.54, 1.807) is 6.20 Å². The molecule has 3 nitrogen and oxygen atoms in total. The third-order valence-corrected chi connectivity index (χ3v) is 3.34. The van der Waals surface area contributed by atoms with Crippen LogP contribution in [0, 0.1) is 6.92 Å². The monoisotopic (exact) mass is 255 g/mol. The van der Waals surface area contributed by atoms with Gasteiger partial charge in [0.05, 0.1) is 6.20 Å². The Morgan fingerprint density at radius 2 is 2.00 bits per heavy atom. The second-order valence-electron chi connectivity index (χ2n) is 4.81. The van der Waals surface area contributed by atoms with Gasteiger partial charge < -0.3 is 5.32 Å². The van der Waals surface area contributed by atoms with Crippen molar-refractivity contribution in [1.29, 1.82) is 0 Å². The van der Waals surface area contributed by atoms with Crippen LogP contribution in [0.2, 0.25) is 0 Å². The average Bonchev–Trinajstić information content (AvgIpc) is 2.46. The Balaban J connectivity index is 2.17. The summed E-state index contributed by atoms with van der Waals surface area (Å²) in [5.74, 6) is 0. The first-order valence-electron chi connectivity index (χ1n) is 6.85. The lowest BCUT2D eigenvalue weighted by molar-refractivity contribution is 0.526. The Bertz CT molecular complexity index is 496. The van der Waals surface area contributed by atoms with E-state index in [1.807, 2.05) is 12.3 Å². The van der Waals surface area contributed by atoms with Crippen molar-refractivity contribution in [2.24, 2.45) is 0 Å². The molecule has 0 amide bonds. The predicted molar refractivity (Wildman–Crippen MR) is 77.9 cm³/mol. The fourth-order valence-corrected chi connectivity index (χ4v) is 2.19. The Hall–Kier alpha value is -1.74. The van der Waals surface area contributed by atoms with E-state index in [0.717, 1.165) is 19.4 Å². The molecule has 0 saturated carbocycles. The molecule has 2 aromatic rings. The number of hydrogen-bond donors (Lipinski definition) is 1. The van der Waals surface area contributed by atoms with Crippen molar-refractivity contribution < 1.29 is 0 Å². The second kappa shape index (κ2) is 7.00. The molecule has 0 aliphatic heterocycles. The highest BCUT2D eigenvalue weighted by atomic mass is 15.1. The zero-order valence-corrected chi connectivity index (χ0v) is 11.6. The summed E-state index contributed by atoms with van der Waals surface area (Å²) in [4.78, 5) is 0. The first kappa shape index (κ1) is 13.7. The molecule has 1 N–H and O–H groups in total. The Labute approximate surface area is 115 Å². The Morgan fingerprint density at radius 1 is 1.16 bits per heavy atom. The van der Waals surface area contributed by atoms with Crippen LogP contribution in [-0.4, -0.2) is 16.7 Å². The highest BCUT2D eigenvalue weighted by molar-refractivity contribution is 5.28. The first-order chi connectivity index (χ1) is 9.31. The van der Waals surface area contributed by atoms with Gasteiger partial charge in [0.25, 0.3) is 0 Å². The number of rotatable bonds is 6. The maximum Gasteiger partial charge on any atom is 0.0544 e. The van der Waals surface area contributed by atoms with E-state index in [4.69, 9.17) is 0 Å². The normalized spacial score (nSPS) is 12.3. The molecule has 2 rings (SSSR count). The van der Waals surface area contributed by atoms with E-state index in [2.05, 4.69) is 53.6 Å². The van der Waals surface area contributed by atoms with Gasteiger partial charge in [-0.1, -0.05) is 31.2 Å². The molecule has 1 aromatic heterocycles. The van der Waals surface area contributed by atoms with Gasteiger partial charge >= 0.3 is 0 Å². The van der Waals surface area contributed by atoms with Crippen LogP contribution in [-0.2, 0) is 6.42 Å². The predicted octanol–water partition coefficient (Wildman–Crippen LogP) is 3.07. The van der Waals surface area contributed by atoms with Gasteiger partial charge in [0, 0.05) is 12.2 Å². The lowest BCUT2D eigenvalue weighted by Gasteiger charge is -2.19. The third-order valence-electron chi connectivity index (χ3n) is 3.34. The zero-order chi connectivity index (χ0) is 13.5. The molecule has 1 atom stereocenters. The number of benzene rings is 1. The van der Waals surface area contributed by atoms with Crippen LogP contribution in [0.25, 0.3) is 0 Å². The van der Waals surface area contributed by atoms with Crippen molar-refractivity contribution in [3.8, 4) is 0 Å². The molecule has 0 spiro atoms. The van der Waals surface area contributed by atoms with Gasteiger partial charge in [-0.3, -0.25) is 0 Å². The topological polar surface area (TPSA) is 37.8 Å². The molecule has 0 bridgehead atoms. The van der Waals surface area contributed by atoms with Crippen molar-refractivity contribution in [2.75, 3.05) is 6.54 Å². The molecular formula is C16H21N3. The summed E-state index contributed by atoms with van der Waals surface area (Å²) in [7, 11) is 0. The van der Waals surface area contributed by atoms with Crippen LogP contribution in [0.1, 0.15) is 36.1 Å². The Kier molecular flexibility index (Phi) is 5.04. The highest BCUT2D eigenvalue weighted by Crippen LogP contribution is 2.19. The quantitative estimate of drug-likeness (QED) is 0.862. The van der Waals surface area contributed by atoms with Crippen LogP contribution in [0.5, 0.6) is 0 Å². The number of hydrogen-bond acceptors (Lipinski definition) is 3. The van der Waals surface area contributed by atoms with Crippen molar-refractivity contribution >= 4 is 0 Å². The molecule has 0 fully saturated rings. The van der Waals surface area contributed by atoms with E-state index in [1.165, 1.54) is 16.7 Å². The van der Waals surface area contributed by atoms with Gasteiger partial charge in [0.1, 0.15) is 0 Å². The SMILES string of the molecule is CCCNC(Cc1ccccc1C)c1ccnnc1. The summed E-state index contributed by atoms with van der Waals surface area (Å²) in [6.45, 7) is 5.36. The van der Waals surface area contributed by atoms with Crippen molar-refractivity contribution in [2.45, 2.75) is 32.7 Å². The second-order valence-corrected chi connectivity index (χ2v) is 4.81. The number of nitrogens with one attached hydrogen (secondary N) is 1. The van der Waals surface area contributed by atoms with E-state index < -0.39 is 0 Å². The van der Waals surface area contributed by atoms with Crippen LogP contribution >= 0.6 is 0 Å². The minimum Gasteiger partial charge on any atom is -0.310 e. The molecular weight excluding hydrogens is 234 g/mol. The van der Waals surface area contributed by atoms with Crippen LogP contribution < -0.4 is 5.32 Å². The molecule has 0 radical (unpaired) electrons. The number of aryl methyl sites for hydroxylation is 1. The van der Waals surface area contributed by atoms with Gasteiger partial charge in [-0.25, -0.2) is 0 Å². The molecule has 100 valence electrons. The minimum absolute atomic E-state index is 0.302. The largest absolute Gasteiger partial charge is 0.310 e. The van der Waals surface area contributed by atoms with Gasteiger partial charge in [-0.05, 0) is 49.1 Å². The highest BCUT2D eigenvalue weighted by Gasteiger charge is 2.12. The summed E-state index contributed by atoms with van der Waals surface area (Å²) < 4.78 is 0. The standard InChI is InChI=1S/C16H21N3/c1-3-9-17-16(15-8-10-18-19-12-15)11-14-7-5-4-6-13(14)2/h4-8,10,12,16-17H,3,9,11H2,1-2H3. The summed E-state index contributed by atoms with van der Waals surface area (Å²) in [5, 5.41) is 11.4. The number of nitrogens with zero attached hydrogens (tertiary/aromatic N) is 2. The van der Waals surface area contributed by atoms with Crippen LogP contribution in [0.15, 0.2) is 42.7 Å². The fourth-order valence-electron chi connectivity index (χ4n) is 2.19. The van der Waals surface area contributed by atoms with E-state index in [9.17, 15) is 0 Å². The smallest absolute Gasteiger partial charge is 0.0544 e. The van der Waals surface area contributed by atoms with E-state index in [0.29, 0.717) is 6.04 Å².